The zero-order valence-corrected chi connectivity index (χ0v) is 14.0. The molecule has 0 saturated heterocycles. The molecule has 0 bridgehead atoms. The molecule has 1 aliphatic carbocycles. The van der Waals surface area contributed by atoms with Crippen molar-refractivity contribution in [3.8, 4) is 11.3 Å². The van der Waals surface area contributed by atoms with E-state index in [0.29, 0.717) is 6.61 Å². The van der Waals surface area contributed by atoms with Gasteiger partial charge in [0, 0.05) is 11.1 Å². The molecule has 1 aliphatic rings. The van der Waals surface area contributed by atoms with Gasteiger partial charge in [-0.1, -0.05) is 71.9 Å². The molecule has 124 valence electrons. The molecule has 5 rings (SSSR count). The number of hydrogen-bond acceptors (Lipinski definition) is 4. The zero-order chi connectivity index (χ0) is 17.3. The van der Waals surface area contributed by atoms with E-state index in [0.717, 1.165) is 44.8 Å². The van der Waals surface area contributed by atoms with Crippen molar-refractivity contribution < 1.29 is 4.84 Å². The second-order valence-electron chi connectivity index (χ2n) is 6.15. The SMILES string of the molecule is c1ccc(CO/N=C2\c3ccccc3-c3nc4ccccc4nc32)cc1. The third kappa shape index (κ3) is 2.43. The molecule has 0 spiro atoms. The topological polar surface area (TPSA) is 47.4 Å². The molecule has 26 heavy (non-hydrogen) atoms. The van der Waals surface area contributed by atoms with Crippen LogP contribution in [0.3, 0.4) is 0 Å². The van der Waals surface area contributed by atoms with Crippen LogP contribution in [-0.4, -0.2) is 15.7 Å². The Morgan fingerprint density at radius 2 is 1.27 bits per heavy atom. The smallest absolute Gasteiger partial charge is 0.142 e. The van der Waals surface area contributed by atoms with Crippen LogP contribution in [0, 0.1) is 0 Å². The second kappa shape index (κ2) is 6.08. The average molecular weight is 337 g/mol. The normalized spacial score (nSPS) is 13.6. The molecule has 4 aromatic rings. The van der Waals surface area contributed by atoms with Crippen molar-refractivity contribution in [3.05, 3.63) is 95.7 Å². The van der Waals surface area contributed by atoms with Gasteiger partial charge >= 0.3 is 0 Å². The van der Waals surface area contributed by atoms with E-state index >= 15 is 0 Å². The van der Waals surface area contributed by atoms with Crippen molar-refractivity contribution >= 4 is 16.7 Å². The summed E-state index contributed by atoms with van der Waals surface area (Å²) in [6.45, 7) is 0.419. The van der Waals surface area contributed by atoms with Gasteiger partial charge in [-0.15, -0.1) is 0 Å². The number of oxime groups is 1. The van der Waals surface area contributed by atoms with Gasteiger partial charge in [-0.25, -0.2) is 9.97 Å². The summed E-state index contributed by atoms with van der Waals surface area (Å²) in [5, 5.41) is 4.42. The van der Waals surface area contributed by atoms with E-state index in [4.69, 9.17) is 14.8 Å². The summed E-state index contributed by atoms with van der Waals surface area (Å²) in [6.07, 6.45) is 0. The summed E-state index contributed by atoms with van der Waals surface area (Å²) in [4.78, 5) is 15.3. The summed E-state index contributed by atoms with van der Waals surface area (Å²) in [6, 6.07) is 26.0. The van der Waals surface area contributed by atoms with E-state index < -0.39 is 0 Å². The van der Waals surface area contributed by atoms with E-state index in [1.165, 1.54) is 0 Å². The van der Waals surface area contributed by atoms with Crippen LogP contribution >= 0.6 is 0 Å². The minimum atomic E-state index is 0.419. The number of fused-ring (bicyclic) bond motifs is 4. The quantitative estimate of drug-likeness (QED) is 0.453. The van der Waals surface area contributed by atoms with Gasteiger partial charge in [0.1, 0.15) is 18.0 Å². The Morgan fingerprint density at radius 3 is 2.04 bits per heavy atom. The maximum Gasteiger partial charge on any atom is 0.142 e. The molecule has 0 unspecified atom stereocenters. The lowest BCUT2D eigenvalue weighted by molar-refractivity contribution is 0.131. The highest BCUT2D eigenvalue weighted by molar-refractivity contribution is 6.23. The molecule has 3 aromatic carbocycles. The van der Waals surface area contributed by atoms with Crippen LogP contribution in [0.25, 0.3) is 22.3 Å². The van der Waals surface area contributed by atoms with Crippen molar-refractivity contribution in [2.24, 2.45) is 5.16 Å². The molecule has 1 aromatic heterocycles. The Morgan fingerprint density at radius 1 is 0.654 bits per heavy atom. The first kappa shape index (κ1) is 14.8. The average Bonchev–Trinajstić information content (AvgIpc) is 3.00. The van der Waals surface area contributed by atoms with Gasteiger partial charge < -0.3 is 4.84 Å². The summed E-state index contributed by atoms with van der Waals surface area (Å²) in [5.74, 6) is 0. The molecule has 0 N–H and O–H groups in total. The zero-order valence-electron chi connectivity index (χ0n) is 14.0. The molecular weight excluding hydrogens is 322 g/mol. The number of nitrogens with zero attached hydrogens (tertiary/aromatic N) is 3. The molecule has 0 atom stereocenters. The molecule has 1 heterocycles. The predicted molar refractivity (Wildman–Crippen MR) is 102 cm³/mol. The van der Waals surface area contributed by atoms with Crippen molar-refractivity contribution in [2.45, 2.75) is 6.61 Å². The lowest BCUT2D eigenvalue weighted by Crippen LogP contribution is -2.03. The van der Waals surface area contributed by atoms with Gasteiger partial charge in [-0.05, 0) is 17.7 Å². The van der Waals surface area contributed by atoms with E-state index in [1.54, 1.807) is 0 Å². The van der Waals surface area contributed by atoms with Gasteiger partial charge in [0.15, 0.2) is 0 Å². The predicted octanol–water partition coefficient (Wildman–Crippen LogP) is 4.58. The maximum absolute atomic E-state index is 5.65. The highest BCUT2D eigenvalue weighted by Gasteiger charge is 2.28. The fourth-order valence-corrected chi connectivity index (χ4v) is 3.21. The Bertz CT molecular complexity index is 1140. The van der Waals surface area contributed by atoms with Crippen LogP contribution in [0.2, 0.25) is 0 Å². The van der Waals surface area contributed by atoms with Crippen LogP contribution < -0.4 is 0 Å². The second-order valence-corrected chi connectivity index (χ2v) is 6.15. The highest BCUT2D eigenvalue weighted by Crippen LogP contribution is 2.35. The Kier molecular flexibility index (Phi) is 3.46. The summed E-state index contributed by atoms with van der Waals surface area (Å²) < 4.78 is 0. The molecular formula is C22H15N3O. The molecule has 0 radical (unpaired) electrons. The first-order valence-corrected chi connectivity index (χ1v) is 8.51. The third-order valence-electron chi connectivity index (χ3n) is 4.46. The molecule has 0 aliphatic heterocycles. The lowest BCUT2D eigenvalue weighted by Gasteiger charge is -2.04. The summed E-state index contributed by atoms with van der Waals surface area (Å²) in [5.41, 5.74) is 7.24. The highest BCUT2D eigenvalue weighted by atomic mass is 16.6. The fourth-order valence-electron chi connectivity index (χ4n) is 3.21. The molecule has 0 fully saturated rings. The van der Waals surface area contributed by atoms with Crippen molar-refractivity contribution in [1.29, 1.82) is 0 Å². The van der Waals surface area contributed by atoms with Crippen molar-refractivity contribution in [1.82, 2.24) is 9.97 Å². The number of aromatic nitrogens is 2. The van der Waals surface area contributed by atoms with E-state index in [1.807, 2.05) is 72.8 Å². The monoisotopic (exact) mass is 337 g/mol. The van der Waals surface area contributed by atoms with E-state index in [9.17, 15) is 0 Å². The third-order valence-corrected chi connectivity index (χ3v) is 4.46. The van der Waals surface area contributed by atoms with Crippen LogP contribution in [0.5, 0.6) is 0 Å². The standard InChI is InChI=1S/C22H15N3O/c1-2-8-15(9-3-1)14-26-25-21-17-11-5-4-10-16(17)20-22(21)24-19-13-7-6-12-18(19)23-20/h1-13H,14H2/b25-21+. The number of benzene rings is 3. The first-order chi connectivity index (χ1) is 12.9. The van der Waals surface area contributed by atoms with Crippen LogP contribution in [0.15, 0.2) is 84.0 Å². The summed E-state index contributed by atoms with van der Waals surface area (Å²) in [7, 11) is 0. The van der Waals surface area contributed by atoms with Gasteiger partial charge in [0.05, 0.1) is 16.7 Å². The minimum Gasteiger partial charge on any atom is -0.390 e. The minimum absolute atomic E-state index is 0.419. The lowest BCUT2D eigenvalue weighted by atomic mass is 10.1. The molecule has 0 saturated carbocycles. The Labute approximate surface area is 150 Å². The molecule has 4 heteroatoms. The van der Waals surface area contributed by atoms with Crippen LogP contribution in [0.1, 0.15) is 16.8 Å². The number of para-hydroxylation sites is 2. The van der Waals surface area contributed by atoms with E-state index in [-0.39, 0.29) is 0 Å². The van der Waals surface area contributed by atoms with Gasteiger partial charge in [0.2, 0.25) is 0 Å². The number of hydrogen-bond donors (Lipinski definition) is 0. The van der Waals surface area contributed by atoms with Crippen molar-refractivity contribution in [3.63, 3.8) is 0 Å². The van der Waals surface area contributed by atoms with Crippen LogP contribution in [0.4, 0.5) is 0 Å². The van der Waals surface area contributed by atoms with Gasteiger partial charge in [-0.3, -0.25) is 0 Å². The molecule has 4 nitrogen and oxygen atoms in total. The van der Waals surface area contributed by atoms with Gasteiger partial charge in [-0.2, -0.15) is 0 Å². The van der Waals surface area contributed by atoms with Crippen molar-refractivity contribution in [2.75, 3.05) is 0 Å². The van der Waals surface area contributed by atoms with Gasteiger partial charge in [0.25, 0.3) is 0 Å². The maximum atomic E-state index is 5.65. The number of rotatable bonds is 3. The largest absolute Gasteiger partial charge is 0.390 e. The Hall–Kier alpha value is -3.53. The Balaban J connectivity index is 1.59. The molecule has 0 amide bonds. The van der Waals surface area contributed by atoms with E-state index in [2.05, 4.69) is 11.2 Å². The fraction of sp³-hybridized carbons (Fsp3) is 0.0455. The summed E-state index contributed by atoms with van der Waals surface area (Å²) >= 11 is 0. The van der Waals surface area contributed by atoms with Crippen LogP contribution in [-0.2, 0) is 11.4 Å². The first-order valence-electron chi connectivity index (χ1n) is 8.51.